The van der Waals surface area contributed by atoms with E-state index in [1.165, 1.54) is 5.19 Å². The van der Waals surface area contributed by atoms with Crippen LogP contribution in [-0.2, 0) is 4.79 Å². The van der Waals surface area contributed by atoms with E-state index in [1.807, 2.05) is 42.5 Å². The molecule has 1 N–H and O–H groups in total. The minimum absolute atomic E-state index is 0.0262. The molecule has 2 aromatic rings. The highest BCUT2D eigenvalue weighted by Gasteiger charge is 2.36. The summed E-state index contributed by atoms with van der Waals surface area (Å²) in [5.74, 6) is 0.0364. The monoisotopic (exact) mass is 314 g/mol. The molecule has 0 bridgehead atoms. The highest BCUT2D eigenvalue weighted by atomic mass is 28.3. The lowest BCUT2D eigenvalue weighted by atomic mass is 10.1. The molecule has 22 heavy (non-hydrogen) atoms. The van der Waals surface area contributed by atoms with Crippen molar-refractivity contribution in [1.82, 2.24) is 0 Å². The smallest absolute Gasteiger partial charge is 0.303 e. The molecule has 0 radical (unpaired) electrons. The standard InChI is InChI=1S/C18H22O3Si/c1-21-15-11-9-14(10-12-15)17(13-18(19)20)22(2,3)16-7-5-4-6-8-16/h4-12,17H,13H2,1-3H3,(H,19,20)/t17-/m1/s1. The maximum absolute atomic E-state index is 11.4. The van der Waals surface area contributed by atoms with E-state index in [0.29, 0.717) is 0 Å². The largest absolute Gasteiger partial charge is 0.497 e. The number of carbonyl (C=O) groups is 1. The molecule has 0 spiro atoms. The average Bonchev–Trinajstić information content (AvgIpc) is 2.53. The van der Waals surface area contributed by atoms with Gasteiger partial charge < -0.3 is 9.84 Å². The van der Waals surface area contributed by atoms with E-state index in [1.54, 1.807) is 7.11 Å². The van der Waals surface area contributed by atoms with Crippen LogP contribution in [0.4, 0.5) is 0 Å². The third kappa shape index (κ3) is 3.57. The van der Waals surface area contributed by atoms with Gasteiger partial charge in [-0.05, 0) is 23.2 Å². The van der Waals surface area contributed by atoms with E-state index in [-0.39, 0.29) is 12.0 Å². The number of hydrogen-bond acceptors (Lipinski definition) is 2. The number of benzene rings is 2. The Morgan fingerprint density at radius 3 is 2.18 bits per heavy atom. The number of hydrogen-bond donors (Lipinski definition) is 1. The summed E-state index contributed by atoms with van der Waals surface area (Å²) in [6, 6.07) is 18.1. The Morgan fingerprint density at radius 1 is 1.09 bits per heavy atom. The first kappa shape index (κ1) is 16.3. The summed E-state index contributed by atoms with van der Waals surface area (Å²) in [7, 11) is -0.330. The minimum Gasteiger partial charge on any atom is -0.497 e. The quantitative estimate of drug-likeness (QED) is 0.831. The van der Waals surface area contributed by atoms with Crippen molar-refractivity contribution in [2.75, 3.05) is 7.11 Å². The molecule has 0 aliphatic rings. The zero-order chi connectivity index (χ0) is 16.2. The second kappa shape index (κ2) is 6.79. The fourth-order valence-corrected chi connectivity index (χ4v) is 6.03. The summed E-state index contributed by atoms with van der Waals surface area (Å²) < 4.78 is 5.20. The molecular weight excluding hydrogens is 292 g/mol. The molecule has 0 unspecified atom stereocenters. The van der Waals surface area contributed by atoms with Crippen LogP contribution in [0.2, 0.25) is 13.1 Å². The highest BCUT2D eigenvalue weighted by molar-refractivity contribution is 6.91. The molecule has 2 aromatic carbocycles. The molecule has 0 saturated carbocycles. The summed E-state index contributed by atoms with van der Waals surface area (Å²) >= 11 is 0. The molecule has 3 nitrogen and oxygen atoms in total. The van der Waals surface area contributed by atoms with Gasteiger partial charge in [-0.1, -0.05) is 60.7 Å². The van der Waals surface area contributed by atoms with Crippen LogP contribution in [-0.4, -0.2) is 26.3 Å². The molecule has 0 aromatic heterocycles. The first-order valence-electron chi connectivity index (χ1n) is 7.36. The van der Waals surface area contributed by atoms with Crippen molar-refractivity contribution in [3.63, 3.8) is 0 Å². The van der Waals surface area contributed by atoms with Gasteiger partial charge in [-0.15, -0.1) is 0 Å². The topological polar surface area (TPSA) is 46.5 Å². The predicted molar refractivity (Wildman–Crippen MR) is 91.5 cm³/mol. The zero-order valence-electron chi connectivity index (χ0n) is 13.2. The lowest BCUT2D eigenvalue weighted by molar-refractivity contribution is -0.137. The van der Waals surface area contributed by atoms with Crippen molar-refractivity contribution < 1.29 is 14.6 Å². The first-order chi connectivity index (χ1) is 10.4. The van der Waals surface area contributed by atoms with Crippen molar-refractivity contribution in [2.24, 2.45) is 0 Å². The van der Waals surface area contributed by atoms with E-state index in [2.05, 4.69) is 25.2 Å². The van der Waals surface area contributed by atoms with Crippen LogP contribution in [0.15, 0.2) is 54.6 Å². The van der Waals surface area contributed by atoms with Crippen LogP contribution in [0.25, 0.3) is 0 Å². The Hall–Kier alpha value is -2.07. The van der Waals surface area contributed by atoms with Crippen molar-refractivity contribution in [1.29, 1.82) is 0 Å². The van der Waals surface area contributed by atoms with Crippen LogP contribution in [0.5, 0.6) is 5.75 Å². The molecule has 0 aliphatic heterocycles. The zero-order valence-corrected chi connectivity index (χ0v) is 14.2. The molecule has 1 atom stereocenters. The molecule has 0 saturated heterocycles. The van der Waals surface area contributed by atoms with Crippen LogP contribution in [0.1, 0.15) is 17.5 Å². The molecular formula is C18H22O3Si. The Labute approximate surface area is 132 Å². The van der Waals surface area contributed by atoms with Gasteiger partial charge in [0.2, 0.25) is 0 Å². The van der Waals surface area contributed by atoms with Gasteiger partial charge in [0.05, 0.1) is 21.6 Å². The van der Waals surface area contributed by atoms with Gasteiger partial charge in [0, 0.05) is 0 Å². The number of aliphatic carboxylic acids is 1. The van der Waals surface area contributed by atoms with E-state index >= 15 is 0 Å². The number of ether oxygens (including phenoxy) is 1. The van der Waals surface area contributed by atoms with E-state index < -0.39 is 14.0 Å². The maximum atomic E-state index is 11.4. The lowest BCUT2D eigenvalue weighted by Gasteiger charge is -2.32. The van der Waals surface area contributed by atoms with Crippen molar-refractivity contribution in [3.8, 4) is 5.75 Å². The van der Waals surface area contributed by atoms with Gasteiger partial charge in [0.1, 0.15) is 5.75 Å². The van der Waals surface area contributed by atoms with Crippen molar-refractivity contribution in [3.05, 3.63) is 60.2 Å². The molecule has 0 amide bonds. The van der Waals surface area contributed by atoms with Gasteiger partial charge in [0.15, 0.2) is 0 Å². The van der Waals surface area contributed by atoms with Crippen LogP contribution < -0.4 is 9.92 Å². The van der Waals surface area contributed by atoms with E-state index in [4.69, 9.17) is 4.74 Å². The molecule has 0 aliphatic carbocycles. The second-order valence-electron chi connectivity index (χ2n) is 6.01. The molecule has 116 valence electrons. The van der Waals surface area contributed by atoms with Gasteiger partial charge >= 0.3 is 5.97 Å². The summed E-state index contributed by atoms with van der Waals surface area (Å²) in [6.07, 6.45) is 0.153. The summed E-state index contributed by atoms with van der Waals surface area (Å²) in [5.41, 5.74) is 1.10. The highest BCUT2D eigenvalue weighted by Crippen LogP contribution is 2.31. The van der Waals surface area contributed by atoms with Crippen LogP contribution in [0.3, 0.4) is 0 Å². The first-order valence-corrected chi connectivity index (χ1v) is 10.4. The molecule has 2 rings (SSSR count). The second-order valence-corrected chi connectivity index (χ2v) is 10.7. The fourth-order valence-electron chi connectivity index (χ4n) is 2.87. The number of carboxylic acid groups (broad SMARTS) is 1. The number of carboxylic acids is 1. The normalized spacial score (nSPS) is 12.7. The summed E-state index contributed by atoms with van der Waals surface area (Å²) in [4.78, 5) is 11.4. The Kier molecular flexibility index (Phi) is 5.03. The van der Waals surface area contributed by atoms with Crippen molar-refractivity contribution >= 4 is 19.2 Å². The van der Waals surface area contributed by atoms with E-state index in [0.717, 1.165) is 11.3 Å². The fraction of sp³-hybridized carbons (Fsp3) is 0.278. The van der Waals surface area contributed by atoms with Gasteiger partial charge in [-0.25, -0.2) is 0 Å². The number of rotatable bonds is 6. The van der Waals surface area contributed by atoms with Crippen LogP contribution in [0, 0.1) is 0 Å². The van der Waals surface area contributed by atoms with Gasteiger partial charge in [-0.3, -0.25) is 4.79 Å². The van der Waals surface area contributed by atoms with Gasteiger partial charge in [-0.2, -0.15) is 0 Å². The predicted octanol–water partition coefficient (Wildman–Crippen LogP) is 3.41. The molecule has 0 heterocycles. The summed E-state index contributed by atoms with van der Waals surface area (Å²) in [6.45, 7) is 4.47. The molecule has 4 heteroatoms. The lowest BCUT2D eigenvalue weighted by Crippen LogP contribution is -2.48. The Balaban J connectivity index is 2.42. The van der Waals surface area contributed by atoms with Crippen LogP contribution >= 0.6 is 0 Å². The Morgan fingerprint density at radius 2 is 1.68 bits per heavy atom. The maximum Gasteiger partial charge on any atom is 0.303 e. The minimum atomic E-state index is -1.96. The third-order valence-corrected chi connectivity index (χ3v) is 8.39. The van der Waals surface area contributed by atoms with Gasteiger partial charge in [0.25, 0.3) is 0 Å². The van der Waals surface area contributed by atoms with E-state index in [9.17, 15) is 9.90 Å². The molecule has 0 fully saturated rings. The third-order valence-electron chi connectivity index (χ3n) is 4.29. The Bertz CT molecular complexity index is 621. The average molecular weight is 314 g/mol. The number of methoxy groups -OCH3 is 1. The van der Waals surface area contributed by atoms with Crippen molar-refractivity contribution in [2.45, 2.75) is 25.1 Å². The SMILES string of the molecule is COc1ccc([C@@H](CC(=O)O)[Si](C)(C)c2ccccc2)cc1. The summed E-state index contributed by atoms with van der Waals surface area (Å²) in [5, 5.41) is 10.6.